The summed E-state index contributed by atoms with van der Waals surface area (Å²) in [6.07, 6.45) is 8.68. The van der Waals surface area contributed by atoms with Gasteiger partial charge in [-0.3, -0.25) is 4.79 Å². The third-order valence-electron chi connectivity index (χ3n) is 4.58. The number of fused-ring (bicyclic) bond motifs is 1. The molecule has 0 spiro atoms. The van der Waals surface area contributed by atoms with Crippen LogP contribution in [0.4, 0.5) is 0 Å². The lowest BCUT2D eigenvalue weighted by atomic mass is 10.2. The number of nitrogens with zero attached hydrogens (tertiary/aromatic N) is 2. The molecule has 1 aliphatic heterocycles. The molecular formula is C17H22ClN3O. The highest BCUT2D eigenvalue weighted by Gasteiger charge is 2.35. The molecule has 22 heavy (non-hydrogen) atoms. The molecule has 1 saturated carbocycles. The first-order valence-corrected chi connectivity index (χ1v) is 7.92. The van der Waals surface area contributed by atoms with Crippen LogP contribution in [-0.4, -0.2) is 40.4 Å². The molecule has 0 bridgehead atoms. The molecule has 1 saturated heterocycles. The van der Waals surface area contributed by atoms with Crippen molar-refractivity contribution >= 4 is 23.8 Å². The van der Waals surface area contributed by atoms with Crippen molar-refractivity contribution in [1.29, 1.82) is 0 Å². The van der Waals surface area contributed by atoms with E-state index in [0.29, 0.717) is 12.1 Å². The van der Waals surface area contributed by atoms with Gasteiger partial charge < -0.3 is 14.6 Å². The summed E-state index contributed by atoms with van der Waals surface area (Å²) in [4.78, 5) is 15.0. The molecule has 2 aliphatic rings. The maximum Gasteiger partial charge on any atom is 0.255 e. The number of nitrogens with one attached hydrogen (secondary N) is 1. The van der Waals surface area contributed by atoms with E-state index >= 15 is 0 Å². The van der Waals surface area contributed by atoms with Crippen molar-refractivity contribution < 1.29 is 4.79 Å². The second kappa shape index (κ2) is 6.31. The molecule has 5 heteroatoms. The molecule has 1 unspecified atom stereocenters. The van der Waals surface area contributed by atoms with Gasteiger partial charge in [0.15, 0.2) is 0 Å². The predicted molar refractivity (Wildman–Crippen MR) is 89.7 cm³/mol. The quantitative estimate of drug-likeness (QED) is 0.940. The van der Waals surface area contributed by atoms with Crippen LogP contribution in [0.1, 0.15) is 36.0 Å². The first-order chi connectivity index (χ1) is 10.3. The SMILES string of the molecule is Cl.O=C(c1cc2ccccn2c1)N(CC1CCCN1)C1CC1. The minimum atomic E-state index is 0. The van der Waals surface area contributed by atoms with Gasteiger partial charge in [-0.2, -0.15) is 0 Å². The molecule has 0 radical (unpaired) electrons. The van der Waals surface area contributed by atoms with E-state index in [1.165, 1.54) is 12.8 Å². The Bertz CT molecular complexity index is 626. The number of carbonyl (C=O) groups excluding carboxylic acids is 1. The molecule has 2 aromatic heterocycles. The second-order valence-corrected chi connectivity index (χ2v) is 6.24. The van der Waals surface area contributed by atoms with Crippen molar-refractivity contribution in [3.8, 4) is 0 Å². The van der Waals surface area contributed by atoms with Crippen molar-refractivity contribution in [2.24, 2.45) is 0 Å². The van der Waals surface area contributed by atoms with Gasteiger partial charge in [-0.25, -0.2) is 0 Å². The number of carbonyl (C=O) groups is 1. The summed E-state index contributed by atoms with van der Waals surface area (Å²) in [6, 6.07) is 8.97. The van der Waals surface area contributed by atoms with E-state index in [-0.39, 0.29) is 18.3 Å². The number of hydrogen-bond acceptors (Lipinski definition) is 2. The van der Waals surface area contributed by atoms with Gasteiger partial charge in [0, 0.05) is 36.5 Å². The van der Waals surface area contributed by atoms with Gasteiger partial charge >= 0.3 is 0 Å². The van der Waals surface area contributed by atoms with Gasteiger partial charge in [0.05, 0.1) is 5.56 Å². The van der Waals surface area contributed by atoms with E-state index in [1.807, 2.05) is 41.1 Å². The summed E-state index contributed by atoms with van der Waals surface area (Å²) in [5.41, 5.74) is 1.89. The monoisotopic (exact) mass is 319 g/mol. The molecular weight excluding hydrogens is 298 g/mol. The van der Waals surface area contributed by atoms with Crippen LogP contribution in [0.15, 0.2) is 36.7 Å². The fourth-order valence-corrected chi connectivity index (χ4v) is 3.27. The van der Waals surface area contributed by atoms with Crippen LogP contribution in [0.25, 0.3) is 5.52 Å². The van der Waals surface area contributed by atoms with E-state index in [0.717, 1.165) is 37.0 Å². The highest BCUT2D eigenvalue weighted by Crippen LogP contribution is 2.29. The lowest BCUT2D eigenvalue weighted by Crippen LogP contribution is -2.42. The number of halogens is 1. The van der Waals surface area contributed by atoms with Crippen LogP contribution in [0, 0.1) is 0 Å². The third-order valence-corrected chi connectivity index (χ3v) is 4.58. The second-order valence-electron chi connectivity index (χ2n) is 6.24. The fraction of sp³-hybridized carbons (Fsp3) is 0.471. The number of amides is 1. The smallest absolute Gasteiger partial charge is 0.255 e. The highest BCUT2D eigenvalue weighted by molar-refractivity contribution is 5.96. The van der Waals surface area contributed by atoms with E-state index in [1.54, 1.807) is 0 Å². The Hall–Kier alpha value is -1.52. The summed E-state index contributed by atoms with van der Waals surface area (Å²) >= 11 is 0. The van der Waals surface area contributed by atoms with Crippen molar-refractivity contribution in [1.82, 2.24) is 14.6 Å². The molecule has 4 nitrogen and oxygen atoms in total. The zero-order valence-corrected chi connectivity index (χ0v) is 13.4. The average Bonchev–Trinajstić information content (AvgIpc) is 3.04. The zero-order chi connectivity index (χ0) is 14.2. The van der Waals surface area contributed by atoms with Crippen LogP contribution in [-0.2, 0) is 0 Å². The van der Waals surface area contributed by atoms with Gasteiger partial charge in [-0.15, -0.1) is 12.4 Å². The number of aromatic nitrogens is 1. The molecule has 1 aliphatic carbocycles. The first-order valence-electron chi connectivity index (χ1n) is 7.92. The van der Waals surface area contributed by atoms with Gasteiger partial charge in [-0.05, 0) is 50.4 Å². The summed E-state index contributed by atoms with van der Waals surface area (Å²) in [5.74, 6) is 0.190. The average molecular weight is 320 g/mol. The van der Waals surface area contributed by atoms with Crippen LogP contribution in [0.5, 0.6) is 0 Å². The van der Waals surface area contributed by atoms with E-state index < -0.39 is 0 Å². The Morgan fingerprint density at radius 1 is 1.32 bits per heavy atom. The molecule has 4 rings (SSSR count). The van der Waals surface area contributed by atoms with Crippen molar-refractivity contribution in [3.05, 3.63) is 42.2 Å². The Morgan fingerprint density at radius 2 is 2.18 bits per heavy atom. The summed E-state index contributed by atoms with van der Waals surface area (Å²) in [7, 11) is 0. The lowest BCUT2D eigenvalue weighted by molar-refractivity contribution is 0.0729. The molecule has 2 fully saturated rings. The van der Waals surface area contributed by atoms with E-state index in [9.17, 15) is 4.79 Å². The molecule has 2 aromatic rings. The maximum absolute atomic E-state index is 12.9. The Labute approximate surface area is 136 Å². The van der Waals surface area contributed by atoms with Crippen LogP contribution in [0.2, 0.25) is 0 Å². The van der Waals surface area contributed by atoms with Crippen molar-refractivity contribution in [3.63, 3.8) is 0 Å². The van der Waals surface area contributed by atoms with Gasteiger partial charge in [0.25, 0.3) is 5.91 Å². The number of rotatable bonds is 4. The van der Waals surface area contributed by atoms with Crippen LogP contribution < -0.4 is 5.32 Å². The third kappa shape index (κ3) is 2.99. The Kier molecular flexibility index (Phi) is 4.41. The Balaban J connectivity index is 0.00000144. The van der Waals surface area contributed by atoms with Gasteiger partial charge in [0.2, 0.25) is 0 Å². The number of hydrogen-bond donors (Lipinski definition) is 1. The number of pyridine rings is 1. The summed E-state index contributed by atoms with van der Waals surface area (Å²) < 4.78 is 2.02. The van der Waals surface area contributed by atoms with Gasteiger partial charge in [0.1, 0.15) is 0 Å². The minimum Gasteiger partial charge on any atom is -0.334 e. The fourth-order valence-electron chi connectivity index (χ4n) is 3.27. The standard InChI is InChI=1S/C17H21N3O.ClH/c21-17(13-10-16-5-1-2-9-19(16)11-13)20(15-6-7-15)12-14-4-3-8-18-14;/h1-2,5,9-11,14-15,18H,3-4,6-8,12H2;1H. The molecule has 3 heterocycles. The molecule has 118 valence electrons. The first kappa shape index (κ1) is 15.4. The summed E-state index contributed by atoms with van der Waals surface area (Å²) in [5, 5.41) is 3.50. The van der Waals surface area contributed by atoms with Crippen LogP contribution >= 0.6 is 12.4 Å². The van der Waals surface area contributed by atoms with Crippen molar-refractivity contribution in [2.75, 3.05) is 13.1 Å². The predicted octanol–water partition coefficient (Wildman–Crippen LogP) is 2.72. The topological polar surface area (TPSA) is 36.8 Å². The maximum atomic E-state index is 12.9. The molecule has 0 aromatic carbocycles. The molecule has 1 amide bonds. The van der Waals surface area contributed by atoms with Gasteiger partial charge in [-0.1, -0.05) is 6.07 Å². The summed E-state index contributed by atoms with van der Waals surface area (Å²) in [6.45, 7) is 1.95. The Morgan fingerprint density at radius 3 is 2.86 bits per heavy atom. The zero-order valence-electron chi connectivity index (χ0n) is 12.6. The normalized spacial score (nSPS) is 20.8. The van der Waals surface area contributed by atoms with Crippen molar-refractivity contribution in [2.45, 2.75) is 37.8 Å². The molecule has 1 atom stereocenters. The largest absolute Gasteiger partial charge is 0.334 e. The lowest BCUT2D eigenvalue weighted by Gasteiger charge is -2.25. The van der Waals surface area contributed by atoms with Crippen LogP contribution in [0.3, 0.4) is 0 Å². The van der Waals surface area contributed by atoms with E-state index in [2.05, 4.69) is 10.2 Å². The highest BCUT2D eigenvalue weighted by atomic mass is 35.5. The van der Waals surface area contributed by atoms with E-state index in [4.69, 9.17) is 0 Å². The molecule has 1 N–H and O–H groups in total. The minimum absolute atomic E-state index is 0.